The molecule has 3 aromatic heterocycles. The standard InChI is InChI=1S/C50H69N17O15/c1-61(2)31-53-50-57-45-44(47(78)58-50)54-35(24-52-45)25-66(32-68)36-9-7-33(8-10-36)46(77)56-37(48(79)81-3)11-12-39(69)55-38(49(80)82-4)23-34-26-67(60-59-34)14-6-5-13-51-40(70)27-62-15-17-63(28-41(71)72)19-21-65(30-43(75)76)22-20-64(18-16-62)29-42(73)74/h7-10,24,26,31-32,37-38H,5-6,11-23,25,27-30H2,1-4H3,(H,51,70)(H,55,69)(H,56,77)(H,71,72)(H,73,74)(H,75,76)(H,52,57,58,78)/b53-31+. The van der Waals surface area contributed by atoms with E-state index in [-0.39, 0.29) is 126 Å². The van der Waals surface area contributed by atoms with Crippen LogP contribution in [0.25, 0.3) is 11.2 Å². The Morgan fingerprint density at radius 1 is 0.756 bits per heavy atom. The molecule has 32 heteroatoms. The summed E-state index contributed by atoms with van der Waals surface area (Å²) in [7, 11) is 5.76. The SMILES string of the molecule is COC(=O)C(Cc1cn(CCCCNC(=O)CN2CCN(CC(=O)O)CCN(CC(=O)O)CCN(CC(=O)O)CC2)nn1)NC(=O)CCC(NC(=O)c1ccc(N(C=O)Cc2cnc3nc(/N=C/N(C)C)[nH]c(=O)c3n2)cc1)C(=O)OC. The predicted molar refractivity (Wildman–Crippen MR) is 290 cm³/mol. The van der Waals surface area contributed by atoms with Crippen LogP contribution in [0.2, 0.25) is 0 Å². The van der Waals surface area contributed by atoms with E-state index in [0.29, 0.717) is 56.8 Å². The number of unbranched alkanes of at least 4 members (excludes halogenated alkanes) is 1. The number of aliphatic imine (C=N–C) groups is 1. The van der Waals surface area contributed by atoms with E-state index < -0.39 is 59.3 Å². The molecule has 1 aromatic carbocycles. The minimum atomic E-state index is -1.29. The number of rotatable bonds is 29. The fourth-order valence-electron chi connectivity index (χ4n) is 8.35. The topological polar surface area (TPSA) is 403 Å². The van der Waals surface area contributed by atoms with Crippen LogP contribution in [-0.2, 0) is 67.3 Å². The van der Waals surface area contributed by atoms with E-state index in [9.17, 15) is 63.3 Å². The van der Waals surface area contributed by atoms with Gasteiger partial charge in [0.25, 0.3) is 11.5 Å². The molecular weight excluding hydrogens is 1080 g/mol. The minimum absolute atomic E-state index is 0.0329. The number of H-pyrrole nitrogens is 1. The Morgan fingerprint density at radius 2 is 1.33 bits per heavy atom. The third-order valence-electron chi connectivity index (χ3n) is 12.6. The summed E-state index contributed by atoms with van der Waals surface area (Å²) in [6, 6.07) is 3.30. The number of carboxylic acid groups (broad SMARTS) is 3. The van der Waals surface area contributed by atoms with E-state index in [0.717, 1.165) is 14.2 Å². The van der Waals surface area contributed by atoms with Gasteiger partial charge in [0.15, 0.2) is 11.2 Å². The first-order chi connectivity index (χ1) is 39.2. The van der Waals surface area contributed by atoms with Gasteiger partial charge in [-0.05, 0) is 43.5 Å². The second-order valence-electron chi connectivity index (χ2n) is 19.2. The second kappa shape index (κ2) is 32.4. The lowest BCUT2D eigenvalue weighted by Crippen LogP contribution is -2.49. The van der Waals surface area contributed by atoms with Gasteiger partial charge in [-0.1, -0.05) is 5.21 Å². The highest BCUT2D eigenvalue weighted by Crippen LogP contribution is 2.18. The van der Waals surface area contributed by atoms with E-state index in [1.165, 1.54) is 46.4 Å². The van der Waals surface area contributed by atoms with Crippen LogP contribution < -0.4 is 26.4 Å². The molecule has 4 heterocycles. The van der Waals surface area contributed by atoms with Crippen LogP contribution in [0.1, 0.15) is 47.4 Å². The third-order valence-corrected chi connectivity index (χ3v) is 12.6. The van der Waals surface area contributed by atoms with E-state index in [1.807, 2.05) is 4.90 Å². The number of carboxylic acids is 3. The van der Waals surface area contributed by atoms with Crippen molar-refractivity contribution in [1.82, 2.24) is 75.4 Å². The molecule has 4 aromatic rings. The van der Waals surface area contributed by atoms with Gasteiger partial charge in [0.05, 0.1) is 70.9 Å². The Bertz CT molecular complexity index is 2910. The summed E-state index contributed by atoms with van der Waals surface area (Å²) in [6.45, 7) is 1.85. The molecule has 0 bridgehead atoms. The lowest BCUT2D eigenvalue weighted by atomic mass is 10.1. The van der Waals surface area contributed by atoms with Gasteiger partial charge in [-0.2, -0.15) is 4.98 Å². The van der Waals surface area contributed by atoms with Gasteiger partial charge in [0.1, 0.15) is 12.1 Å². The first kappa shape index (κ1) is 63.9. The zero-order valence-electron chi connectivity index (χ0n) is 46.0. The highest BCUT2D eigenvalue weighted by Gasteiger charge is 2.28. The van der Waals surface area contributed by atoms with Crippen molar-refractivity contribution in [3.63, 3.8) is 0 Å². The number of aryl methyl sites for hydroxylation is 1. The van der Waals surface area contributed by atoms with Crippen molar-refractivity contribution in [1.29, 1.82) is 0 Å². The van der Waals surface area contributed by atoms with E-state index in [2.05, 4.69) is 51.2 Å². The van der Waals surface area contributed by atoms with Crippen LogP contribution in [0.4, 0.5) is 11.6 Å². The van der Waals surface area contributed by atoms with Gasteiger partial charge in [0, 0.05) is 110 Å². The summed E-state index contributed by atoms with van der Waals surface area (Å²) < 4.78 is 11.3. The van der Waals surface area contributed by atoms with Gasteiger partial charge in [-0.25, -0.2) is 24.5 Å². The first-order valence-corrected chi connectivity index (χ1v) is 26.0. The number of methoxy groups -OCH3 is 2. The monoisotopic (exact) mass is 1150 g/mol. The van der Waals surface area contributed by atoms with Crippen LogP contribution in [0, 0.1) is 0 Å². The summed E-state index contributed by atoms with van der Waals surface area (Å²) >= 11 is 0. The van der Waals surface area contributed by atoms with Crippen molar-refractivity contribution in [2.45, 2.75) is 57.3 Å². The number of nitrogens with one attached hydrogen (secondary N) is 4. The number of nitrogens with zero attached hydrogens (tertiary/aromatic N) is 13. The number of ether oxygens (including phenoxy) is 2. The zero-order chi connectivity index (χ0) is 59.7. The number of aromatic amines is 1. The Hall–Kier alpha value is -8.88. The summed E-state index contributed by atoms with van der Waals surface area (Å²) in [5.41, 5.74) is 0.480. The van der Waals surface area contributed by atoms with Gasteiger partial charge in [-0.15, -0.1) is 5.10 Å². The predicted octanol–water partition coefficient (Wildman–Crippen LogP) is -2.99. The molecule has 0 saturated carbocycles. The number of carbonyl (C=O) groups excluding carboxylic acids is 6. The van der Waals surface area contributed by atoms with Crippen LogP contribution in [0.5, 0.6) is 0 Å². The normalized spacial score (nSPS) is 14.8. The van der Waals surface area contributed by atoms with Crippen molar-refractivity contribution in [2.75, 3.05) is 118 Å². The van der Waals surface area contributed by atoms with Crippen LogP contribution in [0.3, 0.4) is 0 Å². The lowest BCUT2D eigenvalue weighted by molar-refractivity contribution is -0.145. The zero-order valence-corrected chi connectivity index (χ0v) is 46.0. The molecule has 82 heavy (non-hydrogen) atoms. The third kappa shape index (κ3) is 21.6. The molecule has 1 saturated heterocycles. The maximum atomic E-state index is 13.4. The van der Waals surface area contributed by atoms with Crippen molar-refractivity contribution in [3.05, 3.63) is 64.0 Å². The van der Waals surface area contributed by atoms with Gasteiger partial charge in [0.2, 0.25) is 24.2 Å². The molecule has 2 atom stereocenters. The minimum Gasteiger partial charge on any atom is -0.480 e. The number of aliphatic carboxylic acids is 3. The summed E-state index contributed by atoms with van der Waals surface area (Å²) in [4.78, 5) is 154. The van der Waals surface area contributed by atoms with Gasteiger partial charge >= 0.3 is 29.8 Å². The van der Waals surface area contributed by atoms with Crippen LogP contribution >= 0.6 is 0 Å². The Labute approximate surface area is 469 Å². The number of fused-ring (bicyclic) bond motifs is 1. The number of aromatic nitrogens is 7. The molecule has 2 unspecified atom stereocenters. The van der Waals surface area contributed by atoms with Crippen molar-refractivity contribution in [2.24, 2.45) is 4.99 Å². The number of hydrogen-bond donors (Lipinski definition) is 7. The van der Waals surface area contributed by atoms with Crippen molar-refractivity contribution in [3.8, 4) is 0 Å². The molecule has 4 amide bonds. The molecular formula is C50H69N17O15. The maximum Gasteiger partial charge on any atom is 0.328 e. The smallest absolute Gasteiger partial charge is 0.328 e. The number of carbonyl (C=O) groups is 9. The molecule has 0 radical (unpaired) electrons. The quantitative estimate of drug-likeness (QED) is 0.00937. The van der Waals surface area contributed by atoms with E-state index in [4.69, 9.17) is 9.47 Å². The molecule has 5 rings (SSSR count). The molecule has 1 fully saturated rings. The summed E-state index contributed by atoms with van der Waals surface area (Å²) in [5, 5.41) is 44.7. The van der Waals surface area contributed by atoms with E-state index >= 15 is 0 Å². The highest BCUT2D eigenvalue weighted by atomic mass is 16.5. The lowest BCUT2D eigenvalue weighted by Gasteiger charge is -2.32. The van der Waals surface area contributed by atoms with Crippen molar-refractivity contribution >= 4 is 83.1 Å². The summed E-state index contributed by atoms with van der Waals surface area (Å²) in [5.74, 6) is -6.39. The number of hydrogen-bond acceptors (Lipinski definition) is 22. The summed E-state index contributed by atoms with van der Waals surface area (Å²) in [6.07, 6.45) is 5.38. The molecule has 32 nitrogen and oxygen atoms in total. The maximum absolute atomic E-state index is 13.4. The van der Waals surface area contributed by atoms with E-state index in [1.54, 1.807) is 39.9 Å². The number of benzene rings is 1. The fraction of sp³-hybridized carbons (Fsp3) is 0.520. The molecule has 1 aliphatic rings. The first-order valence-electron chi connectivity index (χ1n) is 26.0. The average Bonchev–Trinajstić information content (AvgIpc) is 4.06. The number of anilines is 1. The average molecular weight is 1150 g/mol. The van der Waals surface area contributed by atoms with Crippen LogP contribution in [0.15, 0.2) is 46.4 Å². The number of esters is 2. The molecule has 0 aliphatic carbocycles. The second-order valence-corrected chi connectivity index (χ2v) is 19.2. The molecule has 7 N–H and O–H groups in total. The Kier molecular flexibility index (Phi) is 25.3. The van der Waals surface area contributed by atoms with Gasteiger partial charge in [-0.3, -0.25) is 67.6 Å². The molecule has 1 aliphatic heterocycles. The Morgan fingerprint density at radius 3 is 1.88 bits per heavy atom. The Balaban J connectivity index is 1.07. The van der Waals surface area contributed by atoms with Crippen LogP contribution in [-0.4, -0.2) is 261 Å². The van der Waals surface area contributed by atoms with Gasteiger partial charge < -0.3 is 50.5 Å². The molecule has 444 valence electrons. The largest absolute Gasteiger partial charge is 0.480 e. The number of amides is 4. The molecule has 0 spiro atoms. The fourth-order valence-corrected chi connectivity index (χ4v) is 8.35. The highest BCUT2D eigenvalue weighted by molar-refractivity contribution is 5.97. The van der Waals surface area contributed by atoms with Crippen molar-refractivity contribution < 1.29 is 67.9 Å².